The number of hydrogen-bond donors (Lipinski definition) is 1. The number of nitrogens with zero attached hydrogens (tertiary/aromatic N) is 2. The number of aryl methyl sites for hydroxylation is 2. The van der Waals surface area contributed by atoms with Crippen LogP contribution in [0.4, 0.5) is 0 Å². The quantitative estimate of drug-likeness (QED) is 0.900. The summed E-state index contributed by atoms with van der Waals surface area (Å²) in [6, 6.07) is 1.18. The van der Waals surface area contributed by atoms with Crippen molar-refractivity contribution in [1.29, 1.82) is 0 Å². The monoisotopic (exact) mass is 261 g/mol. The summed E-state index contributed by atoms with van der Waals surface area (Å²) in [6.45, 7) is 9.79. The lowest BCUT2D eigenvalue weighted by molar-refractivity contribution is 0.326. The third-order valence-corrected chi connectivity index (χ3v) is 5.37. The van der Waals surface area contributed by atoms with Gasteiger partial charge in [0.2, 0.25) is 0 Å². The molecule has 2 bridgehead atoms. The molecule has 1 N–H and O–H groups in total. The summed E-state index contributed by atoms with van der Waals surface area (Å²) in [7, 11) is 0. The summed E-state index contributed by atoms with van der Waals surface area (Å²) >= 11 is 0. The van der Waals surface area contributed by atoms with Crippen LogP contribution in [0.3, 0.4) is 0 Å². The number of fused-ring (bicyclic) bond motifs is 2. The van der Waals surface area contributed by atoms with Crippen LogP contribution in [0.5, 0.6) is 0 Å². The van der Waals surface area contributed by atoms with E-state index in [1.807, 2.05) is 0 Å². The van der Waals surface area contributed by atoms with Gasteiger partial charge in [-0.1, -0.05) is 6.42 Å². The van der Waals surface area contributed by atoms with Crippen LogP contribution in [0.25, 0.3) is 0 Å². The fraction of sp³-hybridized carbons (Fsp3) is 0.812. The normalized spacial score (nSPS) is 31.1. The molecule has 4 atom stereocenters. The minimum atomic E-state index is 0.435. The zero-order valence-corrected chi connectivity index (χ0v) is 12.7. The van der Waals surface area contributed by atoms with Crippen molar-refractivity contribution in [3.8, 4) is 0 Å². The summed E-state index contributed by atoms with van der Waals surface area (Å²) in [4.78, 5) is 0. The van der Waals surface area contributed by atoms with Gasteiger partial charge >= 0.3 is 0 Å². The van der Waals surface area contributed by atoms with Crippen LogP contribution < -0.4 is 5.32 Å². The Kier molecular flexibility index (Phi) is 3.42. The van der Waals surface area contributed by atoms with Gasteiger partial charge in [-0.2, -0.15) is 5.10 Å². The Morgan fingerprint density at radius 2 is 2.11 bits per heavy atom. The van der Waals surface area contributed by atoms with Gasteiger partial charge in [0.25, 0.3) is 0 Å². The Hall–Kier alpha value is -0.830. The second-order valence-corrected chi connectivity index (χ2v) is 6.57. The maximum atomic E-state index is 4.65. The first-order chi connectivity index (χ1) is 9.10. The van der Waals surface area contributed by atoms with E-state index in [4.69, 9.17) is 0 Å². The Bertz CT molecular complexity index is 463. The molecule has 0 radical (unpaired) electrons. The molecule has 2 aliphatic carbocycles. The first-order valence-corrected chi connectivity index (χ1v) is 7.90. The minimum absolute atomic E-state index is 0.435. The predicted octanol–water partition coefficient (Wildman–Crippen LogP) is 3.36. The van der Waals surface area contributed by atoms with E-state index in [-0.39, 0.29) is 0 Å². The van der Waals surface area contributed by atoms with E-state index >= 15 is 0 Å². The van der Waals surface area contributed by atoms with Crippen molar-refractivity contribution in [1.82, 2.24) is 15.1 Å². The molecule has 19 heavy (non-hydrogen) atoms. The average Bonchev–Trinajstić information content (AvgIpc) is 3.03. The number of rotatable bonds is 4. The van der Waals surface area contributed by atoms with E-state index in [1.165, 1.54) is 42.6 Å². The highest BCUT2D eigenvalue weighted by molar-refractivity contribution is 5.28. The fourth-order valence-electron chi connectivity index (χ4n) is 4.50. The first-order valence-electron chi connectivity index (χ1n) is 7.90. The molecule has 4 unspecified atom stereocenters. The summed E-state index contributed by atoms with van der Waals surface area (Å²) in [6.07, 6.45) is 5.79. The van der Waals surface area contributed by atoms with Gasteiger partial charge in [-0.15, -0.1) is 0 Å². The largest absolute Gasteiger partial charge is 0.307 e. The van der Waals surface area contributed by atoms with Gasteiger partial charge in [0.1, 0.15) is 0 Å². The van der Waals surface area contributed by atoms with Crippen molar-refractivity contribution in [2.75, 3.05) is 0 Å². The molecule has 0 amide bonds. The molecule has 3 rings (SSSR count). The molecule has 3 nitrogen and oxygen atoms in total. The van der Waals surface area contributed by atoms with Crippen LogP contribution in [-0.4, -0.2) is 15.8 Å². The lowest BCUT2D eigenvalue weighted by atomic mass is 9.94. The maximum Gasteiger partial charge on any atom is 0.0644 e. The second kappa shape index (κ2) is 4.93. The summed E-state index contributed by atoms with van der Waals surface area (Å²) in [5.41, 5.74) is 3.95. The standard InChI is InChI=1S/C16H27N3/c1-5-19-12(4)16(11(3)18-19)10(2)17-15-9-13-6-7-14(15)8-13/h10,13-15,17H,5-9H2,1-4H3. The highest BCUT2D eigenvalue weighted by Crippen LogP contribution is 2.45. The number of aromatic nitrogens is 2. The topological polar surface area (TPSA) is 29.9 Å². The smallest absolute Gasteiger partial charge is 0.0644 e. The molecule has 1 heterocycles. The maximum absolute atomic E-state index is 4.65. The highest BCUT2D eigenvalue weighted by Gasteiger charge is 2.40. The van der Waals surface area contributed by atoms with Crippen LogP contribution in [0, 0.1) is 25.7 Å². The van der Waals surface area contributed by atoms with Crippen molar-refractivity contribution < 1.29 is 0 Å². The molecule has 0 saturated heterocycles. The van der Waals surface area contributed by atoms with Crippen LogP contribution in [0.1, 0.15) is 62.5 Å². The SMILES string of the molecule is CCn1nc(C)c(C(C)NC2CC3CCC2C3)c1C. The highest BCUT2D eigenvalue weighted by atomic mass is 15.3. The Labute approximate surface area is 116 Å². The van der Waals surface area contributed by atoms with E-state index in [1.54, 1.807) is 0 Å². The minimum Gasteiger partial charge on any atom is -0.307 e. The van der Waals surface area contributed by atoms with Crippen molar-refractivity contribution in [2.45, 2.75) is 72.0 Å². The van der Waals surface area contributed by atoms with Crippen LogP contribution in [-0.2, 0) is 6.54 Å². The van der Waals surface area contributed by atoms with Crippen LogP contribution in [0.2, 0.25) is 0 Å². The fourth-order valence-corrected chi connectivity index (χ4v) is 4.50. The number of nitrogens with one attached hydrogen (secondary N) is 1. The molecule has 0 aliphatic heterocycles. The van der Waals surface area contributed by atoms with Crippen LogP contribution in [0.15, 0.2) is 0 Å². The molecule has 1 aromatic rings. The van der Waals surface area contributed by atoms with Gasteiger partial charge in [-0.25, -0.2) is 0 Å². The van der Waals surface area contributed by atoms with Crippen molar-refractivity contribution >= 4 is 0 Å². The molecule has 0 spiro atoms. The molecular formula is C16H27N3. The average molecular weight is 261 g/mol. The third-order valence-electron chi connectivity index (χ3n) is 5.37. The van der Waals surface area contributed by atoms with Gasteiger partial charge in [0, 0.05) is 29.9 Å². The van der Waals surface area contributed by atoms with E-state index in [2.05, 4.69) is 42.8 Å². The lowest BCUT2D eigenvalue weighted by Gasteiger charge is -2.27. The van der Waals surface area contributed by atoms with Gasteiger partial charge in [-0.05, 0) is 58.8 Å². The molecule has 2 saturated carbocycles. The van der Waals surface area contributed by atoms with Gasteiger partial charge < -0.3 is 5.32 Å². The first kappa shape index (κ1) is 13.2. The lowest BCUT2D eigenvalue weighted by Crippen LogP contribution is -2.36. The number of hydrogen-bond acceptors (Lipinski definition) is 2. The Balaban J connectivity index is 1.73. The molecular weight excluding hydrogens is 234 g/mol. The predicted molar refractivity (Wildman–Crippen MR) is 78.2 cm³/mol. The van der Waals surface area contributed by atoms with Gasteiger partial charge in [0.15, 0.2) is 0 Å². The molecule has 1 aromatic heterocycles. The molecule has 106 valence electrons. The van der Waals surface area contributed by atoms with Gasteiger partial charge in [-0.3, -0.25) is 4.68 Å². The summed E-state index contributed by atoms with van der Waals surface area (Å²) in [5, 5.41) is 8.54. The van der Waals surface area contributed by atoms with Crippen molar-refractivity contribution in [2.24, 2.45) is 11.8 Å². The third kappa shape index (κ3) is 2.22. The van der Waals surface area contributed by atoms with Crippen molar-refractivity contribution in [3.05, 3.63) is 17.0 Å². The van der Waals surface area contributed by atoms with E-state index < -0.39 is 0 Å². The Morgan fingerprint density at radius 1 is 1.32 bits per heavy atom. The van der Waals surface area contributed by atoms with E-state index in [0.717, 1.165) is 24.4 Å². The Morgan fingerprint density at radius 3 is 2.63 bits per heavy atom. The van der Waals surface area contributed by atoms with E-state index in [9.17, 15) is 0 Å². The second-order valence-electron chi connectivity index (χ2n) is 6.57. The zero-order chi connectivity index (χ0) is 13.6. The van der Waals surface area contributed by atoms with E-state index in [0.29, 0.717) is 6.04 Å². The molecule has 2 aliphatic rings. The molecule has 2 fully saturated rings. The molecule has 3 heteroatoms. The summed E-state index contributed by atoms with van der Waals surface area (Å²) < 4.78 is 2.13. The van der Waals surface area contributed by atoms with Crippen molar-refractivity contribution in [3.63, 3.8) is 0 Å². The van der Waals surface area contributed by atoms with Gasteiger partial charge in [0.05, 0.1) is 5.69 Å². The zero-order valence-electron chi connectivity index (χ0n) is 12.7. The summed E-state index contributed by atoms with van der Waals surface area (Å²) in [5.74, 6) is 1.95. The molecule has 0 aromatic carbocycles. The van der Waals surface area contributed by atoms with Crippen LogP contribution >= 0.6 is 0 Å².